The van der Waals surface area contributed by atoms with Gasteiger partial charge < -0.3 is 10.2 Å². The van der Waals surface area contributed by atoms with Crippen molar-refractivity contribution in [2.75, 3.05) is 27.2 Å². The highest BCUT2D eigenvalue weighted by Gasteiger charge is 2.22. The van der Waals surface area contributed by atoms with E-state index in [1.54, 1.807) is 0 Å². The van der Waals surface area contributed by atoms with Crippen LogP contribution >= 0.6 is 0 Å². The van der Waals surface area contributed by atoms with Gasteiger partial charge in [-0.05, 0) is 43.9 Å². The van der Waals surface area contributed by atoms with Crippen LogP contribution in [0.5, 0.6) is 0 Å². The molecule has 0 radical (unpaired) electrons. The third kappa shape index (κ3) is 4.92. The Labute approximate surface area is 151 Å². The molecule has 0 atom stereocenters. The second-order valence-electron chi connectivity index (χ2n) is 7.47. The molecule has 0 aliphatic rings. The van der Waals surface area contributed by atoms with E-state index in [2.05, 4.69) is 52.3 Å². The van der Waals surface area contributed by atoms with E-state index < -0.39 is 0 Å². The minimum Gasteiger partial charge on any atom is -0.346 e. The van der Waals surface area contributed by atoms with Gasteiger partial charge in [0, 0.05) is 0 Å². The summed E-state index contributed by atoms with van der Waals surface area (Å²) in [7, 11) is 4.16. The molecule has 2 aromatic rings. The molecule has 0 aliphatic carbocycles. The Hall–Kier alpha value is -2.14. The minimum absolute atomic E-state index is 0.0201. The SMILES string of the molecule is Cc1cccc(-n2nc(CC(C)C)c(C(=O)NCC[NH+](C)C)c2C)c1. The van der Waals surface area contributed by atoms with Crippen molar-refractivity contribution in [3.8, 4) is 5.69 Å². The Morgan fingerprint density at radius 1 is 1.28 bits per heavy atom. The number of hydrogen-bond donors (Lipinski definition) is 2. The normalized spacial score (nSPS) is 11.4. The first-order valence-corrected chi connectivity index (χ1v) is 9.02. The molecule has 2 N–H and O–H groups in total. The number of amides is 1. The lowest BCUT2D eigenvalue weighted by Crippen LogP contribution is -3.06. The summed E-state index contributed by atoms with van der Waals surface area (Å²) in [5.41, 5.74) is 4.68. The van der Waals surface area contributed by atoms with E-state index in [0.717, 1.165) is 35.6 Å². The second-order valence-corrected chi connectivity index (χ2v) is 7.47. The molecule has 0 saturated heterocycles. The number of aryl methyl sites for hydroxylation is 1. The second kappa shape index (κ2) is 8.30. The van der Waals surface area contributed by atoms with Crippen LogP contribution in [0.15, 0.2) is 24.3 Å². The van der Waals surface area contributed by atoms with Crippen LogP contribution in [0.3, 0.4) is 0 Å². The van der Waals surface area contributed by atoms with Crippen LogP contribution < -0.4 is 10.2 Å². The van der Waals surface area contributed by atoms with Crippen LogP contribution in [-0.4, -0.2) is 42.9 Å². The maximum atomic E-state index is 12.8. The Bertz CT molecular complexity index is 731. The summed E-state index contributed by atoms with van der Waals surface area (Å²) >= 11 is 0. The highest BCUT2D eigenvalue weighted by molar-refractivity contribution is 5.96. The third-order valence-electron chi connectivity index (χ3n) is 4.17. The summed E-state index contributed by atoms with van der Waals surface area (Å²) in [6.45, 7) is 9.91. The van der Waals surface area contributed by atoms with Crippen molar-refractivity contribution in [3.05, 3.63) is 46.8 Å². The summed E-state index contributed by atoms with van der Waals surface area (Å²) in [6, 6.07) is 8.21. The van der Waals surface area contributed by atoms with Crippen molar-refractivity contribution >= 4 is 5.91 Å². The van der Waals surface area contributed by atoms with Gasteiger partial charge in [0.25, 0.3) is 5.91 Å². The molecule has 0 fully saturated rings. The van der Waals surface area contributed by atoms with E-state index in [9.17, 15) is 4.79 Å². The lowest BCUT2D eigenvalue weighted by molar-refractivity contribution is -0.856. The van der Waals surface area contributed by atoms with Crippen molar-refractivity contribution in [1.29, 1.82) is 0 Å². The fourth-order valence-corrected chi connectivity index (χ4v) is 2.91. The lowest BCUT2D eigenvalue weighted by Gasteiger charge is -2.10. The average Bonchev–Trinajstić information content (AvgIpc) is 2.82. The zero-order chi connectivity index (χ0) is 18.6. The molecule has 5 nitrogen and oxygen atoms in total. The summed E-state index contributed by atoms with van der Waals surface area (Å²) < 4.78 is 1.90. The highest BCUT2D eigenvalue weighted by Crippen LogP contribution is 2.21. The molecule has 5 heteroatoms. The van der Waals surface area contributed by atoms with Gasteiger partial charge in [0.15, 0.2) is 0 Å². The molecular weight excluding hydrogens is 312 g/mol. The zero-order valence-corrected chi connectivity index (χ0v) is 16.3. The van der Waals surface area contributed by atoms with Gasteiger partial charge in [0.2, 0.25) is 0 Å². The average molecular weight is 343 g/mol. The Morgan fingerprint density at radius 2 is 2.00 bits per heavy atom. The summed E-state index contributed by atoms with van der Waals surface area (Å²) in [6.07, 6.45) is 0.793. The number of hydrogen-bond acceptors (Lipinski definition) is 2. The quantitative estimate of drug-likeness (QED) is 0.802. The van der Waals surface area contributed by atoms with Crippen LogP contribution in [0.25, 0.3) is 5.69 Å². The number of carbonyl (C=O) groups excluding carboxylic acids is 1. The predicted molar refractivity (Wildman–Crippen MR) is 102 cm³/mol. The van der Waals surface area contributed by atoms with Crippen molar-refractivity contribution in [1.82, 2.24) is 15.1 Å². The lowest BCUT2D eigenvalue weighted by atomic mass is 10.0. The van der Waals surface area contributed by atoms with E-state index in [1.807, 2.05) is 23.7 Å². The summed E-state index contributed by atoms with van der Waals surface area (Å²) in [5.74, 6) is 0.423. The van der Waals surface area contributed by atoms with Gasteiger partial charge in [0.05, 0.1) is 49.8 Å². The predicted octanol–water partition coefficient (Wildman–Crippen LogP) is 1.56. The third-order valence-corrected chi connectivity index (χ3v) is 4.17. The first-order valence-electron chi connectivity index (χ1n) is 9.02. The number of likely N-dealkylation sites (N-methyl/N-ethyl adjacent to an activating group) is 1. The van der Waals surface area contributed by atoms with Crippen LogP contribution in [0.1, 0.15) is 41.2 Å². The maximum Gasteiger partial charge on any atom is 0.255 e. The molecule has 136 valence electrons. The number of rotatable bonds is 7. The van der Waals surface area contributed by atoms with Gasteiger partial charge in [0.1, 0.15) is 0 Å². The molecule has 0 aliphatic heterocycles. The summed E-state index contributed by atoms with van der Waals surface area (Å²) in [4.78, 5) is 14.1. The molecule has 25 heavy (non-hydrogen) atoms. The van der Waals surface area contributed by atoms with Gasteiger partial charge >= 0.3 is 0 Å². The molecule has 0 spiro atoms. The Morgan fingerprint density at radius 3 is 2.60 bits per heavy atom. The first kappa shape index (κ1) is 19.2. The Kier molecular flexibility index (Phi) is 6.37. The molecule has 0 unspecified atom stereocenters. The van der Waals surface area contributed by atoms with Crippen LogP contribution in [0.2, 0.25) is 0 Å². The maximum absolute atomic E-state index is 12.8. The number of quaternary nitrogens is 1. The van der Waals surface area contributed by atoms with Crippen molar-refractivity contribution in [3.63, 3.8) is 0 Å². The van der Waals surface area contributed by atoms with E-state index >= 15 is 0 Å². The fraction of sp³-hybridized carbons (Fsp3) is 0.500. The van der Waals surface area contributed by atoms with E-state index in [-0.39, 0.29) is 5.91 Å². The number of benzene rings is 1. The number of nitrogens with one attached hydrogen (secondary N) is 2. The largest absolute Gasteiger partial charge is 0.346 e. The molecular formula is C20H31N4O+. The number of nitrogens with zero attached hydrogens (tertiary/aromatic N) is 2. The van der Waals surface area contributed by atoms with Crippen LogP contribution in [0.4, 0.5) is 0 Å². The molecule has 1 heterocycles. The molecule has 2 rings (SSSR count). The van der Waals surface area contributed by atoms with E-state index in [4.69, 9.17) is 5.10 Å². The van der Waals surface area contributed by atoms with Crippen molar-refractivity contribution in [2.24, 2.45) is 5.92 Å². The smallest absolute Gasteiger partial charge is 0.255 e. The molecule has 1 amide bonds. The Balaban J connectivity index is 2.37. The molecule has 1 aromatic heterocycles. The van der Waals surface area contributed by atoms with Gasteiger partial charge in [-0.15, -0.1) is 0 Å². The number of aromatic nitrogens is 2. The van der Waals surface area contributed by atoms with E-state index in [0.29, 0.717) is 12.5 Å². The fourth-order valence-electron chi connectivity index (χ4n) is 2.91. The van der Waals surface area contributed by atoms with Crippen molar-refractivity contribution in [2.45, 2.75) is 34.1 Å². The summed E-state index contributed by atoms with van der Waals surface area (Å²) in [5, 5.41) is 7.82. The van der Waals surface area contributed by atoms with Crippen molar-refractivity contribution < 1.29 is 9.69 Å². The highest BCUT2D eigenvalue weighted by atomic mass is 16.1. The minimum atomic E-state index is -0.0201. The zero-order valence-electron chi connectivity index (χ0n) is 16.3. The topological polar surface area (TPSA) is 51.4 Å². The molecule has 1 aromatic carbocycles. The van der Waals surface area contributed by atoms with Crippen LogP contribution in [0, 0.1) is 19.8 Å². The standard InChI is InChI=1S/C20H30N4O/c1-14(2)12-18-19(20(25)21-10-11-23(5)6)16(4)24(22-18)17-9-7-8-15(3)13-17/h7-9,13-14H,10-12H2,1-6H3,(H,21,25)/p+1. The van der Waals surface area contributed by atoms with Gasteiger partial charge in [-0.1, -0.05) is 26.0 Å². The van der Waals surface area contributed by atoms with Gasteiger partial charge in [-0.3, -0.25) is 4.79 Å². The van der Waals surface area contributed by atoms with E-state index in [1.165, 1.54) is 10.5 Å². The molecule has 0 saturated carbocycles. The van der Waals surface area contributed by atoms with Gasteiger partial charge in [-0.25, -0.2) is 4.68 Å². The number of carbonyl (C=O) groups is 1. The first-order chi connectivity index (χ1) is 11.8. The monoisotopic (exact) mass is 343 g/mol. The molecule has 0 bridgehead atoms. The van der Waals surface area contributed by atoms with Gasteiger partial charge in [-0.2, -0.15) is 5.10 Å². The van der Waals surface area contributed by atoms with Crippen LogP contribution in [-0.2, 0) is 6.42 Å².